The van der Waals surface area contributed by atoms with Crippen LogP contribution in [0.4, 0.5) is 4.79 Å². The van der Waals surface area contributed by atoms with Crippen molar-refractivity contribution >= 4 is 12.0 Å². The number of carbonyl (C=O) groups is 2. The number of nitrogens with one attached hydrogen (secondary N) is 1. The minimum Gasteiger partial charge on any atom is -0.480 e. The van der Waals surface area contributed by atoms with Crippen molar-refractivity contribution in [1.82, 2.24) is 10.2 Å². The molecule has 2 amide bonds. The molecule has 0 spiro atoms. The summed E-state index contributed by atoms with van der Waals surface area (Å²) in [4.78, 5) is 25.5. The first-order chi connectivity index (χ1) is 9.43. The molecule has 3 N–H and O–H groups in total. The van der Waals surface area contributed by atoms with Crippen LogP contribution in [-0.4, -0.2) is 51.8 Å². The highest BCUT2D eigenvalue weighted by Crippen LogP contribution is 2.28. The maximum Gasteiger partial charge on any atom is 0.329 e. The lowest BCUT2D eigenvalue weighted by Gasteiger charge is -2.37. The normalized spacial score (nSPS) is 17.8. The number of amides is 2. The zero-order valence-electron chi connectivity index (χ0n) is 12.4. The lowest BCUT2D eigenvalue weighted by Crippen LogP contribution is -2.59. The van der Waals surface area contributed by atoms with Crippen molar-refractivity contribution in [3.8, 4) is 0 Å². The third-order valence-corrected chi connectivity index (χ3v) is 3.90. The van der Waals surface area contributed by atoms with E-state index in [2.05, 4.69) is 5.32 Å². The van der Waals surface area contributed by atoms with E-state index in [0.717, 1.165) is 19.3 Å². The second-order valence-electron chi connectivity index (χ2n) is 5.74. The van der Waals surface area contributed by atoms with Gasteiger partial charge in [0, 0.05) is 19.2 Å². The summed E-state index contributed by atoms with van der Waals surface area (Å²) in [5, 5.41) is 21.1. The molecule has 0 radical (unpaired) electrons. The summed E-state index contributed by atoms with van der Waals surface area (Å²) in [6.45, 7) is 4.20. The molecule has 1 saturated carbocycles. The molecule has 1 rings (SSSR count). The number of aliphatic carboxylic acids is 1. The molecule has 0 aliphatic heterocycles. The van der Waals surface area contributed by atoms with E-state index in [1.165, 1.54) is 0 Å². The Kier molecular flexibility index (Phi) is 6.26. The van der Waals surface area contributed by atoms with Crippen molar-refractivity contribution in [2.45, 2.75) is 64.0 Å². The van der Waals surface area contributed by atoms with E-state index in [1.807, 2.05) is 13.8 Å². The molecule has 0 aromatic rings. The summed E-state index contributed by atoms with van der Waals surface area (Å²) in [7, 11) is 0. The fraction of sp³-hybridized carbons (Fsp3) is 0.857. The van der Waals surface area contributed by atoms with Gasteiger partial charge in [0.15, 0.2) is 0 Å². The molecule has 0 saturated heterocycles. The molecular formula is C14H26N2O4. The fourth-order valence-electron chi connectivity index (χ4n) is 2.66. The molecule has 6 heteroatoms. The molecule has 0 unspecified atom stereocenters. The Morgan fingerprint density at radius 3 is 2.30 bits per heavy atom. The van der Waals surface area contributed by atoms with Crippen molar-refractivity contribution in [3.63, 3.8) is 0 Å². The zero-order valence-corrected chi connectivity index (χ0v) is 12.4. The van der Waals surface area contributed by atoms with Crippen LogP contribution in [0.25, 0.3) is 0 Å². The number of hydrogen-bond donors (Lipinski definition) is 3. The van der Waals surface area contributed by atoms with Crippen LogP contribution in [-0.2, 0) is 4.79 Å². The van der Waals surface area contributed by atoms with Crippen LogP contribution < -0.4 is 5.32 Å². The summed E-state index contributed by atoms with van der Waals surface area (Å²) in [5.74, 6) is -0.948. The molecular weight excluding hydrogens is 260 g/mol. The standard InChI is InChI=1S/C14H26N2O4/c1-11(2)16(9-6-10-17)13(20)15-14(12(18)19)7-4-3-5-8-14/h11,17H,3-10H2,1-2H3,(H,15,20)(H,18,19). The fourth-order valence-corrected chi connectivity index (χ4v) is 2.66. The van der Waals surface area contributed by atoms with Gasteiger partial charge in [-0.25, -0.2) is 9.59 Å². The smallest absolute Gasteiger partial charge is 0.329 e. The van der Waals surface area contributed by atoms with Crippen LogP contribution in [0.1, 0.15) is 52.4 Å². The van der Waals surface area contributed by atoms with Crippen molar-refractivity contribution in [2.24, 2.45) is 0 Å². The number of carboxylic acids is 1. The molecule has 0 aromatic heterocycles. The summed E-state index contributed by atoms with van der Waals surface area (Å²) < 4.78 is 0. The molecule has 1 aliphatic carbocycles. The highest BCUT2D eigenvalue weighted by Gasteiger charge is 2.41. The highest BCUT2D eigenvalue weighted by molar-refractivity contribution is 5.86. The number of aliphatic hydroxyl groups is 1. The first-order valence-electron chi connectivity index (χ1n) is 7.36. The van der Waals surface area contributed by atoms with Gasteiger partial charge in [-0.1, -0.05) is 19.3 Å². The molecule has 0 aromatic carbocycles. The van der Waals surface area contributed by atoms with E-state index in [9.17, 15) is 14.7 Å². The average Bonchev–Trinajstić information content (AvgIpc) is 2.39. The van der Waals surface area contributed by atoms with Gasteiger partial charge >= 0.3 is 12.0 Å². The zero-order chi connectivity index (χ0) is 15.2. The lowest BCUT2D eigenvalue weighted by molar-refractivity contribution is -0.146. The molecule has 20 heavy (non-hydrogen) atoms. The van der Waals surface area contributed by atoms with Crippen molar-refractivity contribution in [3.05, 3.63) is 0 Å². The number of urea groups is 1. The van der Waals surface area contributed by atoms with Gasteiger partial charge in [-0.15, -0.1) is 0 Å². The Hall–Kier alpha value is -1.30. The molecule has 1 fully saturated rings. The second kappa shape index (κ2) is 7.47. The molecule has 116 valence electrons. The molecule has 0 heterocycles. The van der Waals surface area contributed by atoms with Gasteiger partial charge in [0.1, 0.15) is 5.54 Å². The van der Waals surface area contributed by atoms with Crippen molar-refractivity contribution < 1.29 is 19.8 Å². The van der Waals surface area contributed by atoms with E-state index in [-0.39, 0.29) is 18.7 Å². The minimum atomic E-state index is -1.12. The Bertz CT molecular complexity index is 338. The number of rotatable bonds is 6. The number of carbonyl (C=O) groups excluding carboxylic acids is 1. The summed E-state index contributed by atoms with van der Waals surface area (Å²) in [5.41, 5.74) is -1.12. The topological polar surface area (TPSA) is 89.9 Å². The first-order valence-corrected chi connectivity index (χ1v) is 7.36. The number of carboxylic acid groups (broad SMARTS) is 1. The Labute approximate surface area is 120 Å². The van der Waals surface area contributed by atoms with Crippen LogP contribution >= 0.6 is 0 Å². The molecule has 0 bridgehead atoms. The summed E-state index contributed by atoms with van der Waals surface area (Å²) in [6.07, 6.45) is 4.13. The molecule has 6 nitrogen and oxygen atoms in total. The van der Waals surface area contributed by atoms with E-state index in [4.69, 9.17) is 5.11 Å². The van der Waals surface area contributed by atoms with Gasteiger partial charge in [0.25, 0.3) is 0 Å². The van der Waals surface area contributed by atoms with E-state index >= 15 is 0 Å². The van der Waals surface area contributed by atoms with Crippen molar-refractivity contribution in [1.29, 1.82) is 0 Å². The van der Waals surface area contributed by atoms with E-state index in [0.29, 0.717) is 25.8 Å². The summed E-state index contributed by atoms with van der Waals surface area (Å²) >= 11 is 0. The van der Waals surface area contributed by atoms with Crippen LogP contribution in [0, 0.1) is 0 Å². The third kappa shape index (κ3) is 4.10. The number of aliphatic hydroxyl groups excluding tert-OH is 1. The summed E-state index contributed by atoms with van der Waals surface area (Å²) in [6, 6.07) is -0.381. The monoisotopic (exact) mass is 286 g/mol. The quantitative estimate of drug-likeness (QED) is 0.691. The van der Waals surface area contributed by atoms with E-state index < -0.39 is 11.5 Å². The van der Waals surface area contributed by atoms with Crippen molar-refractivity contribution in [2.75, 3.05) is 13.2 Å². The maximum absolute atomic E-state index is 12.3. The van der Waals surface area contributed by atoms with Gasteiger partial charge in [-0.05, 0) is 33.1 Å². The lowest BCUT2D eigenvalue weighted by atomic mass is 9.82. The predicted octanol–water partition coefficient (Wildman–Crippen LogP) is 1.58. The Morgan fingerprint density at radius 2 is 1.85 bits per heavy atom. The van der Waals surface area contributed by atoms with Crippen LogP contribution in [0.5, 0.6) is 0 Å². The Balaban J connectivity index is 2.75. The van der Waals surface area contributed by atoms with Crippen LogP contribution in [0.3, 0.4) is 0 Å². The van der Waals surface area contributed by atoms with Crippen LogP contribution in [0.2, 0.25) is 0 Å². The average molecular weight is 286 g/mol. The maximum atomic E-state index is 12.3. The van der Waals surface area contributed by atoms with Gasteiger partial charge in [-0.3, -0.25) is 0 Å². The Morgan fingerprint density at radius 1 is 1.25 bits per heavy atom. The number of hydrogen-bond acceptors (Lipinski definition) is 3. The van der Waals surface area contributed by atoms with Crippen LogP contribution in [0.15, 0.2) is 0 Å². The first kappa shape index (κ1) is 16.8. The third-order valence-electron chi connectivity index (χ3n) is 3.90. The van der Waals surface area contributed by atoms with E-state index in [1.54, 1.807) is 4.90 Å². The van der Waals surface area contributed by atoms with Gasteiger partial charge < -0.3 is 20.4 Å². The number of nitrogens with zero attached hydrogens (tertiary/aromatic N) is 1. The highest BCUT2D eigenvalue weighted by atomic mass is 16.4. The molecule has 1 aliphatic rings. The second-order valence-corrected chi connectivity index (χ2v) is 5.74. The van der Waals surface area contributed by atoms with Gasteiger partial charge in [-0.2, -0.15) is 0 Å². The minimum absolute atomic E-state index is 0.0145. The molecule has 0 atom stereocenters. The van der Waals surface area contributed by atoms with Gasteiger partial charge in [0.05, 0.1) is 0 Å². The SMILES string of the molecule is CC(C)N(CCCO)C(=O)NC1(C(=O)O)CCCCC1. The van der Waals surface area contributed by atoms with Gasteiger partial charge in [0.2, 0.25) is 0 Å². The largest absolute Gasteiger partial charge is 0.480 e. The predicted molar refractivity (Wildman–Crippen MR) is 75.5 cm³/mol.